The van der Waals surface area contributed by atoms with E-state index in [4.69, 9.17) is 0 Å². The minimum Gasteiger partial charge on any atom is -0.366 e. The molecular formula is C10H11N2. The van der Waals surface area contributed by atoms with Crippen LogP contribution in [0.1, 0.15) is 6.42 Å². The predicted molar refractivity (Wildman–Crippen MR) is 49.0 cm³/mol. The number of pyridine rings is 1. The van der Waals surface area contributed by atoms with Crippen LogP contribution in [0.2, 0.25) is 0 Å². The average molecular weight is 159 g/mol. The molecule has 0 aliphatic carbocycles. The predicted octanol–water partition coefficient (Wildman–Crippen LogP) is 1.65. The summed E-state index contributed by atoms with van der Waals surface area (Å²) in [6.07, 6.45) is 9.11. The summed E-state index contributed by atoms with van der Waals surface area (Å²) in [6, 6.07) is 4.96. The molecule has 61 valence electrons. The van der Waals surface area contributed by atoms with Crippen molar-refractivity contribution in [1.29, 1.82) is 0 Å². The van der Waals surface area contributed by atoms with Crippen molar-refractivity contribution in [2.75, 3.05) is 18.0 Å². The van der Waals surface area contributed by atoms with Crippen molar-refractivity contribution in [2.24, 2.45) is 0 Å². The first-order valence-corrected chi connectivity index (χ1v) is 4.18. The molecule has 1 aromatic heterocycles. The first-order chi connectivity index (χ1) is 5.97. The van der Waals surface area contributed by atoms with Gasteiger partial charge in [-0.3, -0.25) is 4.98 Å². The molecule has 2 rings (SSSR count). The fourth-order valence-corrected chi connectivity index (χ4v) is 1.37. The third kappa shape index (κ3) is 1.47. The van der Waals surface area contributed by atoms with Crippen molar-refractivity contribution in [3.05, 3.63) is 36.7 Å². The summed E-state index contributed by atoms with van der Waals surface area (Å²) in [5.74, 6) is 0. The van der Waals surface area contributed by atoms with Crippen LogP contribution in [-0.4, -0.2) is 18.1 Å². The third-order valence-electron chi connectivity index (χ3n) is 2.01. The summed E-state index contributed by atoms with van der Waals surface area (Å²) in [4.78, 5) is 6.33. The SMILES string of the molecule is [c]1cncc(N2CC=CCC2)c1. The van der Waals surface area contributed by atoms with Crippen LogP contribution < -0.4 is 4.90 Å². The zero-order chi connectivity index (χ0) is 8.23. The monoisotopic (exact) mass is 159 g/mol. The van der Waals surface area contributed by atoms with Gasteiger partial charge in [-0.15, -0.1) is 0 Å². The molecule has 0 N–H and O–H groups in total. The zero-order valence-electron chi connectivity index (χ0n) is 6.90. The molecule has 0 unspecified atom stereocenters. The van der Waals surface area contributed by atoms with Gasteiger partial charge in [0, 0.05) is 25.4 Å². The highest BCUT2D eigenvalue weighted by molar-refractivity contribution is 5.44. The van der Waals surface area contributed by atoms with E-state index in [2.05, 4.69) is 28.1 Å². The fourth-order valence-electron chi connectivity index (χ4n) is 1.37. The van der Waals surface area contributed by atoms with Crippen molar-refractivity contribution < 1.29 is 0 Å². The summed E-state index contributed by atoms with van der Waals surface area (Å²) < 4.78 is 0. The van der Waals surface area contributed by atoms with E-state index < -0.39 is 0 Å². The van der Waals surface area contributed by atoms with Crippen LogP contribution in [0, 0.1) is 6.07 Å². The molecule has 1 radical (unpaired) electrons. The molecule has 0 saturated carbocycles. The lowest BCUT2D eigenvalue weighted by molar-refractivity contribution is 0.818. The third-order valence-corrected chi connectivity index (χ3v) is 2.01. The van der Waals surface area contributed by atoms with Crippen LogP contribution in [0.15, 0.2) is 30.6 Å². The highest BCUT2D eigenvalue weighted by Gasteiger charge is 2.05. The molecule has 1 aliphatic rings. The van der Waals surface area contributed by atoms with Crippen LogP contribution in [0.5, 0.6) is 0 Å². The second kappa shape index (κ2) is 3.39. The molecule has 0 amide bonds. The van der Waals surface area contributed by atoms with Crippen LogP contribution in [0.4, 0.5) is 5.69 Å². The van der Waals surface area contributed by atoms with Gasteiger partial charge in [-0.05, 0) is 12.5 Å². The number of anilines is 1. The van der Waals surface area contributed by atoms with Gasteiger partial charge in [0.1, 0.15) is 0 Å². The van der Waals surface area contributed by atoms with Gasteiger partial charge in [-0.2, -0.15) is 0 Å². The Balaban J connectivity index is 2.15. The number of nitrogens with zero attached hydrogens (tertiary/aromatic N) is 2. The van der Waals surface area contributed by atoms with Gasteiger partial charge in [-0.1, -0.05) is 12.2 Å². The normalized spacial score (nSPS) is 16.5. The van der Waals surface area contributed by atoms with E-state index in [9.17, 15) is 0 Å². The molecule has 0 bridgehead atoms. The maximum atomic E-state index is 4.04. The van der Waals surface area contributed by atoms with E-state index in [-0.39, 0.29) is 0 Å². The molecular weight excluding hydrogens is 148 g/mol. The largest absolute Gasteiger partial charge is 0.366 e. The molecule has 0 aromatic carbocycles. The van der Waals surface area contributed by atoms with Gasteiger partial charge < -0.3 is 4.90 Å². The van der Waals surface area contributed by atoms with E-state index in [0.29, 0.717) is 0 Å². The zero-order valence-corrected chi connectivity index (χ0v) is 6.90. The lowest BCUT2D eigenvalue weighted by Crippen LogP contribution is -2.26. The molecule has 0 fully saturated rings. The Morgan fingerprint density at radius 2 is 2.42 bits per heavy atom. The number of aromatic nitrogens is 1. The van der Waals surface area contributed by atoms with Crippen LogP contribution in [0.3, 0.4) is 0 Å². The molecule has 1 aliphatic heterocycles. The molecule has 12 heavy (non-hydrogen) atoms. The summed E-state index contributed by atoms with van der Waals surface area (Å²) >= 11 is 0. The first-order valence-electron chi connectivity index (χ1n) is 4.18. The summed E-state index contributed by atoms with van der Waals surface area (Å²) in [5, 5.41) is 0. The molecule has 0 atom stereocenters. The van der Waals surface area contributed by atoms with Gasteiger partial charge in [0.15, 0.2) is 0 Å². The topological polar surface area (TPSA) is 16.1 Å². The van der Waals surface area contributed by atoms with Gasteiger partial charge >= 0.3 is 0 Å². The second-order valence-corrected chi connectivity index (χ2v) is 2.85. The Hall–Kier alpha value is -1.31. The lowest BCUT2D eigenvalue weighted by Gasteiger charge is -2.24. The molecule has 0 saturated heterocycles. The Labute approximate surface area is 72.5 Å². The molecule has 2 heteroatoms. The Kier molecular flexibility index (Phi) is 2.08. The van der Waals surface area contributed by atoms with Gasteiger partial charge in [0.2, 0.25) is 0 Å². The Morgan fingerprint density at radius 1 is 1.42 bits per heavy atom. The minimum absolute atomic E-state index is 1.000. The standard InChI is InChI=1S/C10H11N2/c1-2-7-12(8-3-1)10-5-4-6-11-9-10/h1-2,5-6,9H,3,7-8H2. The summed E-state index contributed by atoms with van der Waals surface area (Å²) in [7, 11) is 0. The average Bonchev–Trinajstić information content (AvgIpc) is 2.21. The molecule has 0 spiro atoms. The van der Waals surface area contributed by atoms with E-state index in [1.165, 1.54) is 5.69 Å². The number of hydrogen-bond acceptors (Lipinski definition) is 2. The van der Waals surface area contributed by atoms with E-state index >= 15 is 0 Å². The highest BCUT2D eigenvalue weighted by atomic mass is 15.1. The Morgan fingerprint density at radius 3 is 3.08 bits per heavy atom. The van der Waals surface area contributed by atoms with Gasteiger partial charge in [0.05, 0.1) is 11.9 Å². The first kappa shape index (κ1) is 7.35. The van der Waals surface area contributed by atoms with Crippen molar-refractivity contribution in [3.8, 4) is 0 Å². The molecule has 2 nitrogen and oxygen atoms in total. The summed E-state index contributed by atoms with van der Waals surface area (Å²) in [5.41, 5.74) is 1.17. The summed E-state index contributed by atoms with van der Waals surface area (Å²) in [6.45, 7) is 2.09. The molecule has 2 heterocycles. The van der Waals surface area contributed by atoms with Crippen LogP contribution in [-0.2, 0) is 0 Å². The van der Waals surface area contributed by atoms with Gasteiger partial charge in [0.25, 0.3) is 0 Å². The van der Waals surface area contributed by atoms with E-state index in [1.54, 1.807) is 6.20 Å². The van der Waals surface area contributed by atoms with E-state index in [0.717, 1.165) is 19.5 Å². The second-order valence-electron chi connectivity index (χ2n) is 2.85. The van der Waals surface area contributed by atoms with Crippen LogP contribution in [0.25, 0.3) is 0 Å². The number of rotatable bonds is 1. The smallest absolute Gasteiger partial charge is 0.0561 e. The lowest BCUT2D eigenvalue weighted by atomic mass is 10.2. The van der Waals surface area contributed by atoms with Crippen molar-refractivity contribution in [2.45, 2.75) is 6.42 Å². The van der Waals surface area contributed by atoms with E-state index in [1.807, 2.05) is 12.3 Å². The van der Waals surface area contributed by atoms with Crippen molar-refractivity contribution in [1.82, 2.24) is 4.98 Å². The Bertz CT molecular complexity index is 266. The van der Waals surface area contributed by atoms with Gasteiger partial charge in [-0.25, -0.2) is 0 Å². The quantitative estimate of drug-likeness (QED) is 0.579. The molecule has 1 aromatic rings. The van der Waals surface area contributed by atoms with Crippen LogP contribution >= 0.6 is 0 Å². The maximum absolute atomic E-state index is 4.04. The minimum atomic E-state index is 1.000. The highest BCUT2D eigenvalue weighted by Crippen LogP contribution is 2.13. The maximum Gasteiger partial charge on any atom is 0.0561 e. The fraction of sp³-hybridized carbons (Fsp3) is 0.300. The van der Waals surface area contributed by atoms with Crippen molar-refractivity contribution in [3.63, 3.8) is 0 Å². The number of hydrogen-bond donors (Lipinski definition) is 0. The van der Waals surface area contributed by atoms with Crippen molar-refractivity contribution >= 4 is 5.69 Å².